The highest BCUT2D eigenvalue weighted by Crippen LogP contribution is 2.31. The Morgan fingerprint density at radius 2 is 1.86 bits per heavy atom. The molecule has 1 aliphatic carbocycles. The average Bonchev–Trinajstić information content (AvgIpc) is 3.25. The number of nitrogens with one attached hydrogen (secondary N) is 1. The van der Waals surface area contributed by atoms with Crippen LogP contribution in [0.4, 0.5) is 8.78 Å². The van der Waals surface area contributed by atoms with Crippen LogP contribution in [-0.2, 0) is 6.54 Å². The van der Waals surface area contributed by atoms with Gasteiger partial charge in [0.15, 0.2) is 0 Å². The second-order valence-electron chi connectivity index (χ2n) is 5.54. The SMILES string of the molecule is Cc1cc(F)c(-c2cc(Cl)ccc2CNC2CC2)cc1F. The zero-order valence-electron chi connectivity index (χ0n) is 11.7. The molecular weight excluding hydrogens is 292 g/mol. The summed E-state index contributed by atoms with van der Waals surface area (Å²) < 4.78 is 28.0. The first kappa shape index (κ1) is 14.5. The summed E-state index contributed by atoms with van der Waals surface area (Å²) >= 11 is 6.03. The van der Waals surface area contributed by atoms with Gasteiger partial charge in [-0.1, -0.05) is 17.7 Å². The molecule has 0 unspecified atom stereocenters. The summed E-state index contributed by atoms with van der Waals surface area (Å²) in [5.74, 6) is -0.837. The molecule has 2 aromatic carbocycles. The molecule has 3 rings (SSSR count). The van der Waals surface area contributed by atoms with Crippen LogP contribution in [0.15, 0.2) is 30.3 Å². The Bertz CT molecular complexity index is 681. The number of benzene rings is 2. The van der Waals surface area contributed by atoms with Crippen LogP contribution >= 0.6 is 11.6 Å². The summed E-state index contributed by atoms with van der Waals surface area (Å²) in [7, 11) is 0. The summed E-state index contributed by atoms with van der Waals surface area (Å²) in [6.45, 7) is 2.18. The molecule has 4 heteroatoms. The molecular formula is C17H16ClF2N. The van der Waals surface area contributed by atoms with Gasteiger partial charge >= 0.3 is 0 Å². The topological polar surface area (TPSA) is 12.0 Å². The predicted molar refractivity (Wildman–Crippen MR) is 81.4 cm³/mol. The van der Waals surface area contributed by atoms with Crippen LogP contribution in [-0.4, -0.2) is 6.04 Å². The summed E-state index contributed by atoms with van der Waals surface area (Å²) in [5.41, 5.74) is 2.13. The largest absolute Gasteiger partial charge is 0.310 e. The van der Waals surface area contributed by atoms with Gasteiger partial charge < -0.3 is 5.32 Å². The Labute approximate surface area is 127 Å². The highest BCUT2D eigenvalue weighted by atomic mass is 35.5. The maximum absolute atomic E-state index is 14.2. The standard InChI is InChI=1S/C17H16ClF2N/c1-10-6-17(20)15(8-16(10)19)14-7-12(18)3-2-11(14)9-21-13-4-5-13/h2-3,6-8,13,21H,4-5,9H2,1H3. The number of aryl methyl sites for hydroxylation is 1. The molecule has 0 heterocycles. The van der Waals surface area contributed by atoms with E-state index in [2.05, 4.69) is 5.32 Å². The van der Waals surface area contributed by atoms with Crippen LogP contribution in [0.25, 0.3) is 11.1 Å². The minimum atomic E-state index is -0.427. The third kappa shape index (κ3) is 3.25. The molecule has 110 valence electrons. The summed E-state index contributed by atoms with van der Waals surface area (Å²) in [4.78, 5) is 0. The fourth-order valence-electron chi connectivity index (χ4n) is 2.35. The molecule has 1 N–H and O–H groups in total. The van der Waals surface area contributed by atoms with Crippen LogP contribution in [0.2, 0.25) is 5.02 Å². The van der Waals surface area contributed by atoms with Gasteiger partial charge in [0, 0.05) is 23.2 Å². The minimum absolute atomic E-state index is 0.258. The van der Waals surface area contributed by atoms with E-state index in [1.54, 1.807) is 19.1 Å². The second-order valence-corrected chi connectivity index (χ2v) is 5.97. The third-order valence-corrected chi connectivity index (χ3v) is 4.00. The van der Waals surface area contributed by atoms with E-state index in [4.69, 9.17) is 11.6 Å². The lowest BCUT2D eigenvalue weighted by Gasteiger charge is -2.13. The first-order chi connectivity index (χ1) is 10.0. The maximum Gasteiger partial charge on any atom is 0.131 e. The lowest BCUT2D eigenvalue weighted by atomic mass is 9.97. The van der Waals surface area contributed by atoms with E-state index in [1.807, 2.05) is 6.07 Å². The molecule has 2 aromatic rings. The number of halogens is 3. The Morgan fingerprint density at radius 3 is 2.57 bits per heavy atom. The molecule has 0 atom stereocenters. The maximum atomic E-state index is 14.2. The van der Waals surface area contributed by atoms with Crippen molar-refractivity contribution in [2.75, 3.05) is 0 Å². The number of hydrogen-bond acceptors (Lipinski definition) is 1. The quantitative estimate of drug-likeness (QED) is 0.852. The van der Waals surface area contributed by atoms with Crippen molar-refractivity contribution in [2.45, 2.75) is 32.4 Å². The van der Waals surface area contributed by atoms with Crippen molar-refractivity contribution in [3.63, 3.8) is 0 Å². The van der Waals surface area contributed by atoms with E-state index < -0.39 is 11.6 Å². The van der Waals surface area contributed by atoms with E-state index in [1.165, 1.54) is 25.0 Å². The van der Waals surface area contributed by atoms with Crippen molar-refractivity contribution >= 4 is 11.6 Å². The number of hydrogen-bond donors (Lipinski definition) is 1. The summed E-state index contributed by atoms with van der Waals surface area (Å²) in [6, 6.07) is 8.36. The van der Waals surface area contributed by atoms with Gasteiger partial charge in [-0.3, -0.25) is 0 Å². The Morgan fingerprint density at radius 1 is 1.10 bits per heavy atom. The summed E-state index contributed by atoms with van der Waals surface area (Å²) in [6.07, 6.45) is 2.35. The van der Waals surface area contributed by atoms with Gasteiger partial charge in [-0.05, 0) is 60.7 Å². The Balaban J connectivity index is 2.02. The Kier molecular flexibility index (Phi) is 3.96. The molecule has 1 fully saturated rings. The summed E-state index contributed by atoms with van der Waals surface area (Å²) in [5, 5.41) is 3.90. The fraction of sp³-hybridized carbons (Fsp3) is 0.294. The first-order valence-corrected chi connectivity index (χ1v) is 7.40. The highest BCUT2D eigenvalue weighted by Gasteiger charge is 2.21. The van der Waals surface area contributed by atoms with Gasteiger partial charge in [0.1, 0.15) is 11.6 Å². The lowest BCUT2D eigenvalue weighted by molar-refractivity contribution is 0.595. The second kappa shape index (κ2) is 5.74. The first-order valence-electron chi connectivity index (χ1n) is 7.02. The van der Waals surface area contributed by atoms with Crippen molar-refractivity contribution in [3.8, 4) is 11.1 Å². The van der Waals surface area contributed by atoms with Crippen molar-refractivity contribution in [3.05, 3.63) is 58.1 Å². The third-order valence-electron chi connectivity index (χ3n) is 3.77. The smallest absolute Gasteiger partial charge is 0.131 e. The van der Waals surface area contributed by atoms with Crippen molar-refractivity contribution in [1.82, 2.24) is 5.32 Å². The number of rotatable bonds is 4. The highest BCUT2D eigenvalue weighted by molar-refractivity contribution is 6.30. The van der Waals surface area contributed by atoms with Gasteiger partial charge in [0.25, 0.3) is 0 Å². The molecule has 0 aliphatic heterocycles. The molecule has 0 aromatic heterocycles. The molecule has 1 aliphatic rings. The molecule has 0 amide bonds. The van der Waals surface area contributed by atoms with E-state index in [9.17, 15) is 8.78 Å². The molecule has 1 nitrogen and oxygen atoms in total. The average molecular weight is 308 g/mol. The van der Waals surface area contributed by atoms with E-state index in [0.29, 0.717) is 28.7 Å². The predicted octanol–water partition coefficient (Wildman–Crippen LogP) is 4.85. The van der Waals surface area contributed by atoms with Gasteiger partial charge in [-0.25, -0.2) is 8.78 Å². The molecule has 0 saturated heterocycles. The van der Waals surface area contributed by atoms with Crippen LogP contribution in [0, 0.1) is 18.6 Å². The van der Waals surface area contributed by atoms with E-state index in [-0.39, 0.29) is 5.56 Å². The van der Waals surface area contributed by atoms with Crippen molar-refractivity contribution < 1.29 is 8.78 Å². The molecule has 0 bridgehead atoms. The molecule has 0 spiro atoms. The van der Waals surface area contributed by atoms with Gasteiger partial charge in [-0.15, -0.1) is 0 Å². The van der Waals surface area contributed by atoms with Crippen LogP contribution < -0.4 is 5.32 Å². The zero-order valence-corrected chi connectivity index (χ0v) is 12.5. The van der Waals surface area contributed by atoms with E-state index in [0.717, 1.165) is 5.56 Å². The lowest BCUT2D eigenvalue weighted by Crippen LogP contribution is -2.16. The van der Waals surface area contributed by atoms with Crippen molar-refractivity contribution in [2.24, 2.45) is 0 Å². The van der Waals surface area contributed by atoms with Gasteiger partial charge in [-0.2, -0.15) is 0 Å². The normalized spacial score (nSPS) is 14.5. The monoisotopic (exact) mass is 307 g/mol. The van der Waals surface area contributed by atoms with Crippen LogP contribution in [0.5, 0.6) is 0 Å². The molecule has 0 radical (unpaired) electrons. The van der Waals surface area contributed by atoms with Crippen LogP contribution in [0.3, 0.4) is 0 Å². The van der Waals surface area contributed by atoms with Crippen LogP contribution in [0.1, 0.15) is 24.0 Å². The Hall–Kier alpha value is -1.45. The fourth-order valence-corrected chi connectivity index (χ4v) is 2.52. The molecule has 1 saturated carbocycles. The zero-order chi connectivity index (χ0) is 15.0. The minimum Gasteiger partial charge on any atom is -0.310 e. The van der Waals surface area contributed by atoms with Gasteiger partial charge in [0.05, 0.1) is 0 Å². The van der Waals surface area contributed by atoms with E-state index >= 15 is 0 Å². The van der Waals surface area contributed by atoms with Gasteiger partial charge in [0.2, 0.25) is 0 Å². The van der Waals surface area contributed by atoms with Crippen molar-refractivity contribution in [1.29, 1.82) is 0 Å². The molecule has 21 heavy (non-hydrogen) atoms.